The molecule has 0 aliphatic heterocycles. The second-order valence-corrected chi connectivity index (χ2v) is 3.73. The zero-order chi connectivity index (χ0) is 13.7. The zero-order valence-electron chi connectivity index (χ0n) is 9.85. The second kappa shape index (κ2) is 5.63. The molecule has 0 radical (unpaired) electrons. The van der Waals surface area contributed by atoms with Crippen LogP contribution >= 0.6 is 0 Å². The number of para-hydroxylation sites is 1. The van der Waals surface area contributed by atoms with Crippen molar-refractivity contribution >= 4 is 16.6 Å². The van der Waals surface area contributed by atoms with Crippen LogP contribution in [-0.2, 0) is 0 Å². The molecule has 0 spiro atoms. The van der Waals surface area contributed by atoms with E-state index in [0.717, 1.165) is 5.39 Å². The normalized spacial score (nSPS) is 9.68. The van der Waals surface area contributed by atoms with Crippen LogP contribution in [0, 0.1) is 10.1 Å². The molecule has 0 saturated heterocycles. The van der Waals surface area contributed by atoms with Crippen LogP contribution in [0.1, 0.15) is 0 Å². The summed E-state index contributed by atoms with van der Waals surface area (Å²) in [5.74, 6) is 0.322. The van der Waals surface area contributed by atoms with E-state index in [4.69, 9.17) is 5.11 Å². The molecule has 1 heterocycles. The molecule has 0 aliphatic rings. The number of nitro groups is 1. The molecule has 19 heavy (non-hydrogen) atoms. The van der Waals surface area contributed by atoms with E-state index in [9.17, 15) is 10.1 Å². The first-order valence-corrected chi connectivity index (χ1v) is 5.48. The van der Waals surface area contributed by atoms with Gasteiger partial charge in [0.1, 0.15) is 5.75 Å². The molecule has 2 aromatic carbocycles. The highest BCUT2D eigenvalue weighted by Gasteiger charge is 2.05. The molecule has 96 valence electrons. The first-order valence-electron chi connectivity index (χ1n) is 5.48. The third-order valence-corrected chi connectivity index (χ3v) is 2.39. The Hall–Kier alpha value is -2.89. The minimum Gasteiger partial charge on any atom is -0.508 e. The number of benzene rings is 2. The van der Waals surface area contributed by atoms with Crippen LogP contribution in [0.5, 0.6) is 5.75 Å². The topological polar surface area (TPSA) is 92.0 Å². The highest BCUT2D eigenvalue weighted by molar-refractivity contribution is 5.80. The smallest absolute Gasteiger partial charge is 0.271 e. The number of aromatic hydroxyl groups is 1. The van der Waals surface area contributed by atoms with E-state index in [0.29, 0.717) is 11.3 Å². The number of nitrogens with one attached hydrogen (secondary N) is 1. The van der Waals surface area contributed by atoms with Gasteiger partial charge in [0.15, 0.2) is 0 Å². The molecule has 0 amide bonds. The van der Waals surface area contributed by atoms with Crippen molar-refractivity contribution in [1.82, 2.24) is 10.2 Å². The first kappa shape index (κ1) is 12.6. The van der Waals surface area contributed by atoms with Crippen molar-refractivity contribution in [3.05, 3.63) is 64.8 Å². The van der Waals surface area contributed by atoms with Crippen molar-refractivity contribution in [3.8, 4) is 5.75 Å². The van der Waals surface area contributed by atoms with Crippen LogP contribution in [0.3, 0.4) is 0 Å². The summed E-state index contributed by atoms with van der Waals surface area (Å²) in [7, 11) is 0. The Balaban J connectivity index is 0.000000163. The molecule has 2 N–H and O–H groups in total. The summed E-state index contributed by atoms with van der Waals surface area (Å²) in [6, 6.07) is 13.3. The van der Waals surface area contributed by atoms with Gasteiger partial charge in [-0.25, -0.2) is 0 Å². The molecule has 0 saturated carbocycles. The number of fused-ring (bicyclic) bond motifs is 1. The highest BCUT2D eigenvalue weighted by atomic mass is 16.6. The molecule has 6 nitrogen and oxygen atoms in total. The summed E-state index contributed by atoms with van der Waals surface area (Å²) in [5.41, 5.74) is 0.760. The van der Waals surface area contributed by atoms with E-state index in [2.05, 4.69) is 10.2 Å². The Morgan fingerprint density at radius 2 is 1.89 bits per heavy atom. The number of aromatic amines is 1. The van der Waals surface area contributed by atoms with Gasteiger partial charge >= 0.3 is 0 Å². The second-order valence-electron chi connectivity index (χ2n) is 3.73. The van der Waals surface area contributed by atoms with Gasteiger partial charge < -0.3 is 5.11 Å². The van der Waals surface area contributed by atoms with Crippen LogP contribution in [0.2, 0.25) is 0 Å². The van der Waals surface area contributed by atoms with E-state index in [1.54, 1.807) is 36.5 Å². The fourth-order valence-corrected chi connectivity index (χ4v) is 1.47. The summed E-state index contributed by atoms with van der Waals surface area (Å²) in [6.45, 7) is 0. The minimum atomic E-state index is -0.430. The maximum atomic E-state index is 10.3. The number of rotatable bonds is 1. The first-order chi connectivity index (χ1) is 9.16. The largest absolute Gasteiger partial charge is 0.508 e. The fourth-order valence-electron chi connectivity index (χ4n) is 1.47. The third-order valence-electron chi connectivity index (χ3n) is 2.39. The molecule has 1 aromatic heterocycles. The van der Waals surface area contributed by atoms with Crippen LogP contribution < -0.4 is 0 Å². The fraction of sp³-hybridized carbons (Fsp3) is 0. The van der Waals surface area contributed by atoms with Gasteiger partial charge in [-0.3, -0.25) is 15.2 Å². The van der Waals surface area contributed by atoms with Crippen LogP contribution in [0.15, 0.2) is 54.7 Å². The van der Waals surface area contributed by atoms with Gasteiger partial charge in [-0.15, -0.1) is 0 Å². The van der Waals surface area contributed by atoms with Crippen molar-refractivity contribution in [1.29, 1.82) is 0 Å². The van der Waals surface area contributed by atoms with Gasteiger partial charge in [-0.05, 0) is 18.2 Å². The Labute approximate surface area is 108 Å². The van der Waals surface area contributed by atoms with Crippen molar-refractivity contribution in [2.24, 2.45) is 0 Å². The van der Waals surface area contributed by atoms with Crippen molar-refractivity contribution in [3.63, 3.8) is 0 Å². The predicted octanol–water partition coefficient (Wildman–Crippen LogP) is 2.86. The summed E-state index contributed by atoms with van der Waals surface area (Å²) >= 11 is 0. The van der Waals surface area contributed by atoms with E-state index in [1.807, 2.05) is 6.07 Å². The van der Waals surface area contributed by atoms with Crippen molar-refractivity contribution < 1.29 is 10.0 Å². The quantitative estimate of drug-likeness (QED) is 0.518. The lowest BCUT2D eigenvalue weighted by molar-refractivity contribution is -0.384. The molecule has 0 atom stereocenters. The van der Waals surface area contributed by atoms with Gasteiger partial charge in [0.2, 0.25) is 0 Å². The standard InChI is InChI=1S/C7H5N3O2.C6H6O/c11-10(12)6-2-1-5-4-8-9-7(5)3-6;7-6-4-2-1-3-5-6/h1-4H,(H,8,9);1-5,7H. The average molecular weight is 257 g/mol. The summed E-state index contributed by atoms with van der Waals surface area (Å²) in [4.78, 5) is 9.91. The molecular formula is C13H11N3O3. The Kier molecular flexibility index (Phi) is 3.72. The Bertz CT molecular complexity index is 680. The van der Waals surface area contributed by atoms with E-state index >= 15 is 0 Å². The number of hydrogen-bond donors (Lipinski definition) is 2. The van der Waals surface area contributed by atoms with Crippen molar-refractivity contribution in [2.75, 3.05) is 0 Å². The summed E-state index contributed by atoms with van der Waals surface area (Å²) in [5, 5.41) is 26.3. The van der Waals surface area contributed by atoms with Gasteiger partial charge in [0.05, 0.1) is 16.6 Å². The molecule has 3 rings (SSSR count). The number of nitro benzene ring substituents is 1. The zero-order valence-corrected chi connectivity index (χ0v) is 9.85. The Morgan fingerprint density at radius 3 is 2.47 bits per heavy atom. The number of phenolic OH excluding ortho intramolecular Hbond substituents is 1. The molecule has 0 bridgehead atoms. The molecule has 3 aromatic rings. The lowest BCUT2D eigenvalue weighted by atomic mass is 10.2. The molecule has 0 unspecified atom stereocenters. The van der Waals surface area contributed by atoms with Gasteiger partial charge in [0, 0.05) is 17.5 Å². The maximum Gasteiger partial charge on any atom is 0.271 e. The van der Waals surface area contributed by atoms with Crippen LogP contribution in [-0.4, -0.2) is 20.2 Å². The molecule has 6 heteroatoms. The molecular weight excluding hydrogens is 246 g/mol. The maximum absolute atomic E-state index is 10.3. The van der Waals surface area contributed by atoms with Crippen molar-refractivity contribution in [2.45, 2.75) is 0 Å². The number of hydrogen-bond acceptors (Lipinski definition) is 4. The summed E-state index contributed by atoms with van der Waals surface area (Å²) in [6.07, 6.45) is 1.62. The molecule has 0 aliphatic carbocycles. The lowest BCUT2D eigenvalue weighted by Crippen LogP contribution is -1.86. The number of H-pyrrole nitrogens is 1. The van der Waals surface area contributed by atoms with Gasteiger partial charge in [0.25, 0.3) is 5.69 Å². The third kappa shape index (κ3) is 3.29. The van der Waals surface area contributed by atoms with Crippen LogP contribution in [0.4, 0.5) is 5.69 Å². The highest BCUT2D eigenvalue weighted by Crippen LogP contribution is 2.17. The van der Waals surface area contributed by atoms with Crippen LogP contribution in [0.25, 0.3) is 10.9 Å². The Morgan fingerprint density at radius 1 is 1.16 bits per heavy atom. The van der Waals surface area contributed by atoms with E-state index in [1.165, 1.54) is 12.1 Å². The van der Waals surface area contributed by atoms with E-state index < -0.39 is 4.92 Å². The number of phenols is 1. The number of non-ortho nitro benzene ring substituents is 1. The van der Waals surface area contributed by atoms with E-state index in [-0.39, 0.29) is 5.69 Å². The number of aromatic nitrogens is 2. The average Bonchev–Trinajstić information content (AvgIpc) is 2.87. The SMILES string of the molecule is O=[N+]([O-])c1ccc2cn[nH]c2c1.Oc1ccccc1. The molecule has 0 fully saturated rings. The van der Waals surface area contributed by atoms with Gasteiger partial charge in [-0.1, -0.05) is 18.2 Å². The van der Waals surface area contributed by atoms with Gasteiger partial charge in [-0.2, -0.15) is 5.10 Å². The monoisotopic (exact) mass is 257 g/mol. The predicted molar refractivity (Wildman–Crippen MR) is 70.9 cm³/mol. The lowest BCUT2D eigenvalue weighted by Gasteiger charge is -1.89. The summed E-state index contributed by atoms with van der Waals surface area (Å²) < 4.78 is 0. The number of nitrogens with zero attached hydrogens (tertiary/aromatic N) is 2. The minimum absolute atomic E-state index is 0.0757.